The average Bonchev–Trinajstić information content (AvgIpc) is 3.15. The quantitative estimate of drug-likeness (QED) is 0.690. The summed E-state index contributed by atoms with van der Waals surface area (Å²) >= 11 is 0. The van der Waals surface area contributed by atoms with E-state index in [1.54, 1.807) is 22.5 Å². The second-order valence-corrected chi connectivity index (χ2v) is 9.12. The van der Waals surface area contributed by atoms with Gasteiger partial charge in [0, 0.05) is 23.8 Å². The molecule has 0 aromatic carbocycles. The molecule has 4 atom stereocenters. The van der Waals surface area contributed by atoms with Gasteiger partial charge in [-0.15, -0.1) is 0 Å². The highest BCUT2D eigenvalue weighted by molar-refractivity contribution is 5.29. The van der Waals surface area contributed by atoms with Crippen LogP contribution in [0.2, 0.25) is 0 Å². The molecule has 23 heavy (non-hydrogen) atoms. The second-order valence-electron chi connectivity index (χ2n) is 9.12. The van der Waals surface area contributed by atoms with Gasteiger partial charge in [-0.05, 0) is 75.0 Å². The van der Waals surface area contributed by atoms with Gasteiger partial charge in [-0.25, -0.2) is 0 Å². The van der Waals surface area contributed by atoms with Crippen molar-refractivity contribution in [1.82, 2.24) is 9.80 Å². The minimum absolute atomic E-state index is 0.907. The Labute approximate surface area is 140 Å². The molecule has 2 nitrogen and oxygen atoms in total. The van der Waals surface area contributed by atoms with Gasteiger partial charge in [0.05, 0.1) is 6.67 Å². The van der Waals surface area contributed by atoms with Gasteiger partial charge in [-0.1, -0.05) is 25.0 Å². The first-order valence-electron chi connectivity index (χ1n) is 9.79. The maximum atomic E-state index is 2.58. The van der Waals surface area contributed by atoms with Crippen molar-refractivity contribution in [1.29, 1.82) is 0 Å². The van der Waals surface area contributed by atoms with E-state index in [9.17, 15) is 0 Å². The summed E-state index contributed by atoms with van der Waals surface area (Å²) in [5.41, 5.74) is 6.91. The Morgan fingerprint density at radius 3 is 1.65 bits per heavy atom. The summed E-state index contributed by atoms with van der Waals surface area (Å²) in [4.78, 5) is 5.15. The molecule has 0 spiro atoms. The number of nitrogens with zero attached hydrogens (tertiary/aromatic N) is 2. The first kappa shape index (κ1) is 14.2. The average molecular weight is 310 g/mol. The summed E-state index contributed by atoms with van der Waals surface area (Å²) in [5, 5.41) is 0. The van der Waals surface area contributed by atoms with Crippen LogP contribution in [0.3, 0.4) is 0 Å². The van der Waals surface area contributed by atoms with Crippen LogP contribution in [-0.4, -0.2) is 16.5 Å². The van der Waals surface area contributed by atoms with Crippen LogP contribution < -0.4 is 0 Å². The molecule has 5 aliphatic rings. The molecule has 0 aromatic heterocycles. The van der Waals surface area contributed by atoms with E-state index in [4.69, 9.17) is 0 Å². The molecule has 2 saturated carbocycles. The molecule has 0 aromatic rings. The molecule has 124 valence electrons. The van der Waals surface area contributed by atoms with Crippen molar-refractivity contribution in [3.63, 3.8) is 0 Å². The SMILES string of the molecule is CC1CC2=C(N3C=CN(C4=C5CC(C)CC(C5)C4)C3)CC(C2)C1. The van der Waals surface area contributed by atoms with E-state index < -0.39 is 0 Å². The van der Waals surface area contributed by atoms with Gasteiger partial charge in [0.25, 0.3) is 0 Å². The van der Waals surface area contributed by atoms with Crippen molar-refractivity contribution in [2.45, 2.75) is 65.2 Å². The lowest BCUT2D eigenvalue weighted by molar-refractivity contribution is 0.321. The van der Waals surface area contributed by atoms with Crippen molar-refractivity contribution >= 4 is 0 Å². The monoisotopic (exact) mass is 310 g/mol. The van der Waals surface area contributed by atoms with Gasteiger partial charge in [0.2, 0.25) is 0 Å². The zero-order chi connectivity index (χ0) is 15.6. The van der Waals surface area contributed by atoms with Gasteiger partial charge in [0.15, 0.2) is 0 Å². The molecule has 2 fully saturated rings. The fourth-order valence-electron chi connectivity index (χ4n) is 6.20. The highest BCUT2D eigenvalue weighted by Crippen LogP contribution is 2.48. The van der Waals surface area contributed by atoms with Crippen LogP contribution in [-0.2, 0) is 0 Å². The zero-order valence-electron chi connectivity index (χ0n) is 14.7. The summed E-state index contributed by atoms with van der Waals surface area (Å²) in [6, 6.07) is 0. The number of rotatable bonds is 2. The lowest BCUT2D eigenvalue weighted by Crippen LogP contribution is -2.24. The Morgan fingerprint density at radius 1 is 0.696 bits per heavy atom. The summed E-state index contributed by atoms with van der Waals surface area (Å²) in [5.74, 6) is 3.70. The lowest BCUT2D eigenvalue weighted by atomic mass is 9.84. The van der Waals surface area contributed by atoms with Gasteiger partial charge in [-0.2, -0.15) is 0 Å². The summed E-state index contributed by atoms with van der Waals surface area (Å²) in [6.45, 7) is 5.96. The van der Waals surface area contributed by atoms with Crippen molar-refractivity contribution in [2.75, 3.05) is 6.67 Å². The van der Waals surface area contributed by atoms with Crippen molar-refractivity contribution in [3.05, 3.63) is 34.9 Å². The highest BCUT2D eigenvalue weighted by atomic mass is 15.4. The molecule has 4 aliphatic carbocycles. The van der Waals surface area contributed by atoms with Crippen LogP contribution in [0.15, 0.2) is 34.9 Å². The van der Waals surface area contributed by atoms with Gasteiger partial charge < -0.3 is 9.80 Å². The first-order valence-corrected chi connectivity index (χ1v) is 9.79. The maximum Gasteiger partial charge on any atom is 0.0983 e. The second kappa shape index (κ2) is 5.16. The topological polar surface area (TPSA) is 6.48 Å². The van der Waals surface area contributed by atoms with E-state index in [1.165, 1.54) is 51.4 Å². The smallest absolute Gasteiger partial charge is 0.0983 e. The molecule has 0 radical (unpaired) electrons. The third-order valence-electron chi connectivity index (χ3n) is 6.94. The molecule has 4 bridgehead atoms. The van der Waals surface area contributed by atoms with Crippen LogP contribution in [0, 0.1) is 23.7 Å². The summed E-state index contributed by atoms with van der Waals surface area (Å²) < 4.78 is 0. The Bertz CT molecular complexity index is 559. The van der Waals surface area contributed by atoms with Crippen molar-refractivity contribution in [2.24, 2.45) is 23.7 Å². The minimum atomic E-state index is 0.907. The van der Waals surface area contributed by atoms with E-state index >= 15 is 0 Å². The van der Waals surface area contributed by atoms with Crippen LogP contribution in [0.1, 0.15) is 65.2 Å². The largest absolute Gasteiger partial charge is 0.332 e. The molecule has 2 heteroatoms. The van der Waals surface area contributed by atoms with Crippen LogP contribution in [0.5, 0.6) is 0 Å². The van der Waals surface area contributed by atoms with Gasteiger partial charge >= 0.3 is 0 Å². The Hall–Kier alpha value is -1.18. The fraction of sp³-hybridized carbons (Fsp3) is 0.714. The number of hydrogen-bond donors (Lipinski definition) is 0. The molecule has 5 rings (SSSR count). The summed E-state index contributed by atoms with van der Waals surface area (Å²) in [7, 11) is 0. The van der Waals surface area contributed by atoms with E-state index in [-0.39, 0.29) is 0 Å². The number of hydrogen-bond acceptors (Lipinski definition) is 2. The fourth-order valence-corrected chi connectivity index (χ4v) is 6.20. The standard InChI is InChI=1S/C21H30N2/c1-14-5-16-9-18(7-14)20(11-16)22-3-4-23(13-22)21-12-17-6-15(2)8-19(21)10-17/h3-4,14-17H,5-13H2,1-2H3. The van der Waals surface area contributed by atoms with Gasteiger partial charge in [0.1, 0.15) is 0 Å². The van der Waals surface area contributed by atoms with Crippen LogP contribution in [0.25, 0.3) is 0 Å². The Kier molecular flexibility index (Phi) is 3.18. The predicted octanol–water partition coefficient (Wildman–Crippen LogP) is 5.22. The molecule has 0 N–H and O–H groups in total. The highest BCUT2D eigenvalue weighted by Gasteiger charge is 2.37. The molecular weight excluding hydrogens is 280 g/mol. The van der Waals surface area contributed by atoms with Crippen LogP contribution >= 0.6 is 0 Å². The molecule has 0 saturated heterocycles. The normalized spacial score (nSPS) is 39.2. The van der Waals surface area contributed by atoms with E-state index in [1.807, 2.05) is 0 Å². The molecular formula is C21H30N2. The van der Waals surface area contributed by atoms with Crippen molar-refractivity contribution < 1.29 is 0 Å². The van der Waals surface area contributed by atoms with Crippen LogP contribution in [0.4, 0.5) is 0 Å². The first-order chi connectivity index (χ1) is 11.2. The number of fused-ring (bicyclic) bond motifs is 4. The van der Waals surface area contributed by atoms with E-state index in [0.717, 1.165) is 30.3 Å². The van der Waals surface area contributed by atoms with E-state index in [2.05, 4.69) is 36.0 Å². The Morgan fingerprint density at radius 2 is 1.17 bits per heavy atom. The summed E-state index contributed by atoms with van der Waals surface area (Å²) in [6.07, 6.45) is 15.8. The minimum Gasteiger partial charge on any atom is -0.332 e. The number of allylic oxidation sites excluding steroid dienone is 4. The predicted molar refractivity (Wildman–Crippen MR) is 94.0 cm³/mol. The third kappa shape index (κ3) is 2.37. The van der Waals surface area contributed by atoms with Crippen molar-refractivity contribution in [3.8, 4) is 0 Å². The lowest BCUT2D eigenvalue weighted by Gasteiger charge is -2.25. The molecule has 1 heterocycles. The maximum absolute atomic E-state index is 2.58. The Balaban J connectivity index is 1.34. The molecule has 1 aliphatic heterocycles. The molecule has 4 unspecified atom stereocenters. The van der Waals surface area contributed by atoms with Gasteiger partial charge in [-0.3, -0.25) is 0 Å². The third-order valence-corrected chi connectivity index (χ3v) is 6.94. The molecule has 0 amide bonds. The zero-order valence-corrected chi connectivity index (χ0v) is 14.7. The van der Waals surface area contributed by atoms with E-state index in [0.29, 0.717) is 0 Å².